The summed E-state index contributed by atoms with van der Waals surface area (Å²) in [7, 11) is 0. The molecule has 2 rings (SSSR count). The van der Waals surface area contributed by atoms with E-state index in [-0.39, 0.29) is 24.0 Å². The summed E-state index contributed by atoms with van der Waals surface area (Å²) in [6.07, 6.45) is 4.39. The standard InChI is InChI=1S/C18H27N3O2/c1-12-9-13(2)11-15(10-12)20-17(22)8-6-4-5-7-16-14(3)19-18(23)21-16/h9-11,14,16H,4-8H2,1-3H3,(H,20,22)(H2,19,21,23)/t14-,16-/m0/s1. The van der Waals surface area contributed by atoms with Gasteiger partial charge in [0.25, 0.3) is 0 Å². The summed E-state index contributed by atoms with van der Waals surface area (Å²) in [5, 5.41) is 8.73. The van der Waals surface area contributed by atoms with Crippen LogP contribution >= 0.6 is 0 Å². The van der Waals surface area contributed by atoms with Gasteiger partial charge < -0.3 is 16.0 Å². The maximum absolute atomic E-state index is 12.0. The molecule has 126 valence electrons. The van der Waals surface area contributed by atoms with Crippen LogP contribution in [0.2, 0.25) is 0 Å². The van der Waals surface area contributed by atoms with Crippen LogP contribution in [0.4, 0.5) is 10.5 Å². The predicted molar refractivity (Wildman–Crippen MR) is 92.5 cm³/mol. The fourth-order valence-electron chi connectivity index (χ4n) is 3.06. The molecule has 23 heavy (non-hydrogen) atoms. The van der Waals surface area contributed by atoms with E-state index in [1.165, 1.54) is 0 Å². The van der Waals surface area contributed by atoms with E-state index in [0.29, 0.717) is 6.42 Å². The number of hydrogen-bond donors (Lipinski definition) is 3. The summed E-state index contributed by atoms with van der Waals surface area (Å²) in [4.78, 5) is 23.2. The van der Waals surface area contributed by atoms with Gasteiger partial charge in [-0.05, 0) is 56.9 Å². The Labute approximate surface area is 138 Å². The Bertz CT molecular complexity index is 551. The van der Waals surface area contributed by atoms with Crippen LogP contribution in [0.5, 0.6) is 0 Å². The van der Waals surface area contributed by atoms with Gasteiger partial charge in [0, 0.05) is 18.2 Å². The average molecular weight is 317 g/mol. The van der Waals surface area contributed by atoms with Gasteiger partial charge in [0.2, 0.25) is 5.91 Å². The number of carbonyl (C=O) groups is 2. The first kappa shape index (κ1) is 17.3. The molecular weight excluding hydrogens is 290 g/mol. The first-order chi connectivity index (χ1) is 10.9. The third kappa shape index (κ3) is 5.58. The molecule has 1 aliphatic rings. The zero-order valence-corrected chi connectivity index (χ0v) is 14.2. The van der Waals surface area contributed by atoms with Crippen LogP contribution < -0.4 is 16.0 Å². The molecule has 0 unspecified atom stereocenters. The van der Waals surface area contributed by atoms with Crippen LogP contribution in [0, 0.1) is 13.8 Å². The van der Waals surface area contributed by atoms with E-state index in [1.807, 2.05) is 32.9 Å². The van der Waals surface area contributed by atoms with Crippen molar-refractivity contribution in [2.45, 2.75) is 65.0 Å². The molecule has 3 N–H and O–H groups in total. The summed E-state index contributed by atoms with van der Waals surface area (Å²) >= 11 is 0. The highest BCUT2D eigenvalue weighted by Crippen LogP contribution is 2.15. The summed E-state index contributed by atoms with van der Waals surface area (Å²) in [5.74, 6) is 0.0687. The molecular formula is C18H27N3O2. The van der Waals surface area contributed by atoms with Crippen molar-refractivity contribution in [3.8, 4) is 0 Å². The average Bonchev–Trinajstić information content (AvgIpc) is 2.75. The number of rotatable bonds is 7. The van der Waals surface area contributed by atoms with E-state index in [2.05, 4.69) is 22.0 Å². The van der Waals surface area contributed by atoms with Gasteiger partial charge >= 0.3 is 6.03 Å². The maximum atomic E-state index is 12.0. The van der Waals surface area contributed by atoms with Crippen LogP contribution in [-0.4, -0.2) is 24.0 Å². The topological polar surface area (TPSA) is 70.2 Å². The second kappa shape index (κ2) is 7.99. The van der Waals surface area contributed by atoms with Crippen molar-refractivity contribution in [1.29, 1.82) is 0 Å². The van der Waals surface area contributed by atoms with E-state index in [9.17, 15) is 9.59 Å². The highest BCUT2D eigenvalue weighted by Gasteiger charge is 2.26. The molecule has 0 spiro atoms. The van der Waals surface area contributed by atoms with Crippen molar-refractivity contribution in [1.82, 2.24) is 10.6 Å². The molecule has 0 aromatic heterocycles. The fourth-order valence-corrected chi connectivity index (χ4v) is 3.06. The zero-order valence-electron chi connectivity index (χ0n) is 14.2. The van der Waals surface area contributed by atoms with Gasteiger partial charge in [-0.3, -0.25) is 4.79 Å². The van der Waals surface area contributed by atoms with E-state index < -0.39 is 0 Å². The lowest BCUT2D eigenvalue weighted by Crippen LogP contribution is -2.30. The number of benzene rings is 1. The Balaban J connectivity index is 1.62. The number of carbonyl (C=O) groups excluding carboxylic acids is 2. The largest absolute Gasteiger partial charge is 0.334 e. The molecule has 1 saturated heterocycles. The molecule has 5 nitrogen and oxygen atoms in total. The number of anilines is 1. The lowest BCUT2D eigenvalue weighted by Gasteiger charge is -2.13. The number of nitrogens with one attached hydrogen (secondary N) is 3. The van der Waals surface area contributed by atoms with E-state index in [4.69, 9.17) is 0 Å². The van der Waals surface area contributed by atoms with Crippen LogP contribution in [0.25, 0.3) is 0 Å². The molecule has 2 atom stereocenters. The fraction of sp³-hybridized carbons (Fsp3) is 0.556. The van der Waals surface area contributed by atoms with Crippen molar-refractivity contribution in [2.24, 2.45) is 0 Å². The minimum absolute atomic E-state index is 0.0687. The predicted octanol–water partition coefficient (Wildman–Crippen LogP) is 3.26. The van der Waals surface area contributed by atoms with E-state index in [1.54, 1.807) is 0 Å². The van der Waals surface area contributed by atoms with Crippen molar-refractivity contribution >= 4 is 17.6 Å². The van der Waals surface area contributed by atoms with Crippen molar-refractivity contribution in [2.75, 3.05) is 5.32 Å². The molecule has 1 heterocycles. The van der Waals surface area contributed by atoms with E-state index in [0.717, 1.165) is 42.5 Å². The van der Waals surface area contributed by atoms with Gasteiger partial charge in [-0.25, -0.2) is 4.79 Å². The summed E-state index contributed by atoms with van der Waals surface area (Å²) in [6, 6.07) is 6.40. The van der Waals surface area contributed by atoms with Crippen LogP contribution in [0.3, 0.4) is 0 Å². The Morgan fingerprint density at radius 3 is 2.39 bits per heavy atom. The van der Waals surface area contributed by atoms with Crippen molar-refractivity contribution in [3.63, 3.8) is 0 Å². The van der Waals surface area contributed by atoms with Crippen LogP contribution in [0.1, 0.15) is 50.2 Å². The smallest absolute Gasteiger partial charge is 0.315 e. The molecule has 0 saturated carbocycles. The van der Waals surface area contributed by atoms with E-state index >= 15 is 0 Å². The quantitative estimate of drug-likeness (QED) is 0.676. The number of urea groups is 1. The number of amides is 3. The second-order valence-electron chi connectivity index (χ2n) is 6.54. The minimum atomic E-state index is -0.0738. The number of aryl methyl sites for hydroxylation is 2. The maximum Gasteiger partial charge on any atom is 0.315 e. The molecule has 1 aromatic carbocycles. The molecule has 1 aliphatic heterocycles. The normalized spacial score (nSPS) is 20.0. The van der Waals surface area contributed by atoms with Crippen molar-refractivity contribution < 1.29 is 9.59 Å². The van der Waals surface area contributed by atoms with Crippen LogP contribution in [0.15, 0.2) is 18.2 Å². The zero-order chi connectivity index (χ0) is 16.8. The molecule has 0 bridgehead atoms. The van der Waals surface area contributed by atoms with Gasteiger partial charge in [-0.1, -0.05) is 18.9 Å². The molecule has 5 heteroatoms. The monoisotopic (exact) mass is 317 g/mol. The highest BCUT2D eigenvalue weighted by atomic mass is 16.2. The number of hydrogen-bond acceptors (Lipinski definition) is 2. The summed E-state index contributed by atoms with van der Waals surface area (Å²) < 4.78 is 0. The molecule has 1 fully saturated rings. The van der Waals surface area contributed by atoms with Gasteiger partial charge in [0.05, 0.1) is 6.04 Å². The third-order valence-corrected chi connectivity index (χ3v) is 4.20. The first-order valence-electron chi connectivity index (χ1n) is 8.39. The lowest BCUT2D eigenvalue weighted by atomic mass is 10.0. The second-order valence-corrected chi connectivity index (χ2v) is 6.54. The molecule has 3 amide bonds. The minimum Gasteiger partial charge on any atom is -0.334 e. The Morgan fingerprint density at radius 1 is 1.09 bits per heavy atom. The molecule has 0 radical (unpaired) electrons. The SMILES string of the molecule is Cc1cc(C)cc(NC(=O)CCCCC[C@@H]2NC(=O)N[C@H]2C)c1. The highest BCUT2D eigenvalue weighted by molar-refractivity contribution is 5.90. The van der Waals surface area contributed by atoms with Gasteiger partial charge in [-0.2, -0.15) is 0 Å². The Morgan fingerprint density at radius 2 is 1.78 bits per heavy atom. The Kier molecular flexibility index (Phi) is 6.02. The lowest BCUT2D eigenvalue weighted by molar-refractivity contribution is -0.116. The third-order valence-electron chi connectivity index (χ3n) is 4.20. The van der Waals surface area contributed by atoms with Gasteiger partial charge in [-0.15, -0.1) is 0 Å². The van der Waals surface area contributed by atoms with Gasteiger partial charge in [0.15, 0.2) is 0 Å². The summed E-state index contributed by atoms with van der Waals surface area (Å²) in [6.45, 7) is 6.07. The first-order valence-corrected chi connectivity index (χ1v) is 8.39. The summed E-state index contributed by atoms with van der Waals surface area (Å²) in [5.41, 5.74) is 3.18. The molecule has 1 aromatic rings. The van der Waals surface area contributed by atoms with Crippen LogP contribution in [-0.2, 0) is 4.79 Å². The Hall–Kier alpha value is -2.04. The number of unbranched alkanes of at least 4 members (excludes halogenated alkanes) is 2. The van der Waals surface area contributed by atoms with Crippen molar-refractivity contribution in [3.05, 3.63) is 29.3 Å². The van der Waals surface area contributed by atoms with Gasteiger partial charge in [0.1, 0.15) is 0 Å². The molecule has 0 aliphatic carbocycles.